The molecule has 0 fully saturated rings. The first-order valence-corrected chi connectivity index (χ1v) is 3.41. The topological polar surface area (TPSA) is 0 Å². The largest absolute Gasteiger partial charge is 0.343 e. The quantitative estimate of drug-likeness (QED) is 0.505. The molecule has 0 aliphatic carbocycles. The zero-order chi connectivity index (χ0) is 7.33. The van der Waals surface area contributed by atoms with Gasteiger partial charge in [-0.2, -0.15) is 6.42 Å². The van der Waals surface area contributed by atoms with Crippen LogP contribution in [0.1, 0.15) is 25.7 Å². The summed E-state index contributed by atoms with van der Waals surface area (Å²) in [6.07, 6.45) is 3.95. The zero-order valence-electron chi connectivity index (χ0n) is 6.16. The molecule has 0 aromatic carbocycles. The fourth-order valence-corrected chi connectivity index (χ4v) is 0.625. The van der Waals surface area contributed by atoms with Crippen LogP contribution in [-0.4, -0.2) is 0 Å². The third-order valence-corrected chi connectivity index (χ3v) is 1.49. The van der Waals surface area contributed by atoms with Crippen molar-refractivity contribution < 1.29 is 0 Å². The van der Waals surface area contributed by atoms with Crippen molar-refractivity contribution in [1.29, 1.82) is 0 Å². The lowest BCUT2D eigenvalue weighted by molar-refractivity contribution is 0.430. The Morgan fingerprint density at radius 3 is 2.33 bits per heavy atom. The molecule has 0 aromatic heterocycles. The Labute approximate surface area is 59.7 Å². The van der Waals surface area contributed by atoms with Crippen LogP contribution in [0.2, 0.25) is 0 Å². The third-order valence-electron chi connectivity index (χ3n) is 1.49. The van der Waals surface area contributed by atoms with E-state index < -0.39 is 0 Å². The van der Waals surface area contributed by atoms with Gasteiger partial charge >= 0.3 is 0 Å². The zero-order valence-corrected chi connectivity index (χ0v) is 6.16. The van der Waals surface area contributed by atoms with Crippen molar-refractivity contribution in [2.45, 2.75) is 25.7 Å². The Balaban J connectivity index is 3.33. The highest BCUT2D eigenvalue weighted by molar-refractivity contribution is 4.84. The molecule has 0 heteroatoms. The number of hydrogen-bond acceptors (Lipinski definition) is 0. The van der Waals surface area contributed by atoms with Gasteiger partial charge < -0.3 is 6.92 Å². The second kappa shape index (κ2) is 3.71. The second-order valence-corrected chi connectivity index (χ2v) is 2.71. The van der Waals surface area contributed by atoms with Gasteiger partial charge in [-0.05, 0) is 6.42 Å². The van der Waals surface area contributed by atoms with Gasteiger partial charge in [0.1, 0.15) is 6.42 Å². The summed E-state index contributed by atoms with van der Waals surface area (Å²) in [7, 11) is 0. The first-order chi connectivity index (χ1) is 4.12. The summed E-state index contributed by atoms with van der Waals surface area (Å²) in [4.78, 5) is 0. The van der Waals surface area contributed by atoms with Crippen molar-refractivity contribution in [3.8, 4) is 0 Å². The molecule has 0 unspecified atom stereocenters. The maximum Gasteiger partial charge on any atom is 0.102 e. The van der Waals surface area contributed by atoms with Crippen molar-refractivity contribution in [2.24, 2.45) is 5.41 Å². The van der Waals surface area contributed by atoms with Crippen LogP contribution < -0.4 is 0 Å². The molecule has 0 N–H and O–H groups in total. The van der Waals surface area contributed by atoms with Crippen LogP contribution in [0.3, 0.4) is 0 Å². The van der Waals surface area contributed by atoms with E-state index in [9.17, 15) is 0 Å². The van der Waals surface area contributed by atoms with Crippen LogP contribution in [0.5, 0.6) is 0 Å². The third kappa shape index (κ3) is 4.26. The average Bonchev–Trinajstić information content (AvgIpc) is 1.84. The Hall–Kier alpha value is -0.260. The maximum absolute atomic E-state index is 3.92. The van der Waals surface area contributed by atoms with Crippen LogP contribution in [0, 0.1) is 33.1 Å². The lowest BCUT2D eigenvalue weighted by Gasteiger charge is -2.18. The molecule has 0 nitrogen and oxygen atoms in total. The second-order valence-electron chi connectivity index (χ2n) is 2.71. The molecule has 0 amide bonds. The summed E-state index contributed by atoms with van der Waals surface area (Å²) >= 11 is 0. The van der Waals surface area contributed by atoms with Crippen molar-refractivity contribution in [1.82, 2.24) is 0 Å². The van der Waals surface area contributed by atoms with E-state index in [-0.39, 0.29) is 5.41 Å². The van der Waals surface area contributed by atoms with E-state index in [0.29, 0.717) is 0 Å². The highest BCUT2D eigenvalue weighted by Crippen LogP contribution is 2.24. The van der Waals surface area contributed by atoms with Gasteiger partial charge in [-0.15, -0.1) is 0 Å². The van der Waals surface area contributed by atoms with E-state index >= 15 is 0 Å². The first kappa shape index (κ1) is 8.74. The predicted molar refractivity (Wildman–Crippen MR) is 42.3 cm³/mol. The molecular formula is C9H16. The summed E-state index contributed by atoms with van der Waals surface area (Å²) in [6, 6.07) is 0. The maximum atomic E-state index is 3.92. The Kier molecular flexibility index (Phi) is 3.60. The van der Waals surface area contributed by atoms with E-state index in [1.54, 1.807) is 0 Å². The monoisotopic (exact) mass is 124 g/mol. The van der Waals surface area contributed by atoms with Crippen molar-refractivity contribution >= 4 is 0 Å². The standard InChI is InChI=1S/C9H16/c1-5-7-8-9(3,4)6-2/h1-8H2. The van der Waals surface area contributed by atoms with E-state index in [1.165, 1.54) is 0 Å². The van der Waals surface area contributed by atoms with Gasteiger partial charge in [-0.3, -0.25) is 6.92 Å². The van der Waals surface area contributed by atoms with Gasteiger partial charge in [0.15, 0.2) is 0 Å². The lowest BCUT2D eigenvalue weighted by atomic mass is 9.85. The van der Waals surface area contributed by atoms with Crippen molar-refractivity contribution in [2.75, 3.05) is 0 Å². The van der Waals surface area contributed by atoms with Gasteiger partial charge in [0.25, 0.3) is 0 Å². The minimum absolute atomic E-state index is 0.0578. The van der Waals surface area contributed by atoms with Gasteiger partial charge in [-0.1, -0.05) is 6.42 Å². The summed E-state index contributed by atoms with van der Waals surface area (Å²) in [5.74, 6) is 0. The fraction of sp³-hybridized carbons (Fsp3) is 0.556. The van der Waals surface area contributed by atoms with E-state index in [4.69, 9.17) is 0 Å². The molecule has 0 saturated heterocycles. The summed E-state index contributed by atoms with van der Waals surface area (Å²) in [6.45, 7) is 15.4. The summed E-state index contributed by atoms with van der Waals surface area (Å²) in [5.41, 5.74) is -0.0578. The number of unbranched alkanes of at least 4 members (excludes halogenated alkanes) is 1. The lowest BCUT2D eigenvalue weighted by Crippen LogP contribution is -2.09. The highest BCUT2D eigenvalue weighted by atomic mass is 14.2. The van der Waals surface area contributed by atoms with Crippen molar-refractivity contribution in [3.63, 3.8) is 0 Å². The average molecular weight is 124 g/mol. The predicted octanol–water partition coefficient (Wildman–Crippen LogP) is 2.87. The van der Waals surface area contributed by atoms with Crippen molar-refractivity contribution in [3.05, 3.63) is 27.7 Å². The SMILES string of the molecule is [CH2+]CC([CH2+])([CH2-])CCC[CH2-]. The molecule has 0 aliphatic heterocycles. The smallest absolute Gasteiger partial charge is 0.102 e. The molecule has 0 aromatic rings. The molecule has 9 heavy (non-hydrogen) atoms. The molecule has 0 spiro atoms. The van der Waals surface area contributed by atoms with Crippen LogP contribution in [0.4, 0.5) is 0 Å². The minimum Gasteiger partial charge on any atom is -0.343 e. The highest BCUT2D eigenvalue weighted by Gasteiger charge is 2.16. The fourth-order valence-electron chi connectivity index (χ4n) is 0.625. The van der Waals surface area contributed by atoms with Gasteiger partial charge in [0, 0.05) is 12.3 Å². The van der Waals surface area contributed by atoms with Gasteiger partial charge in [-0.25, -0.2) is 0 Å². The molecular weight excluding hydrogens is 108 g/mol. The summed E-state index contributed by atoms with van der Waals surface area (Å²) < 4.78 is 0. The molecule has 0 atom stereocenters. The molecule has 0 heterocycles. The van der Waals surface area contributed by atoms with Crippen LogP contribution in [-0.2, 0) is 0 Å². The molecule has 0 bridgehead atoms. The van der Waals surface area contributed by atoms with Gasteiger partial charge in [0.2, 0.25) is 0 Å². The molecule has 52 valence electrons. The van der Waals surface area contributed by atoms with Crippen LogP contribution in [0.25, 0.3) is 0 Å². The Morgan fingerprint density at radius 1 is 1.44 bits per heavy atom. The van der Waals surface area contributed by atoms with Crippen LogP contribution >= 0.6 is 0 Å². The van der Waals surface area contributed by atoms with E-state index in [0.717, 1.165) is 25.7 Å². The molecule has 0 rings (SSSR count). The molecule has 0 aliphatic rings. The normalized spacial score (nSPS) is 17.1. The number of rotatable bonds is 4. The minimum atomic E-state index is -0.0578. The number of hydrogen-bond donors (Lipinski definition) is 0. The summed E-state index contributed by atoms with van der Waals surface area (Å²) in [5, 5.41) is 0. The van der Waals surface area contributed by atoms with E-state index in [2.05, 4.69) is 27.7 Å². The first-order valence-electron chi connectivity index (χ1n) is 3.41. The van der Waals surface area contributed by atoms with Gasteiger partial charge in [0.05, 0.1) is 6.92 Å². The van der Waals surface area contributed by atoms with Crippen LogP contribution in [0.15, 0.2) is 0 Å². The molecule has 0 saturated carbocycles. The van der Waals surface area contributed by atoms with E-state index in [1.807, 2.05) is 0 Å². The molecule has 0 radical (unpaired) electrons. The Morgan fingerprint density at radius 2 is 2.00 bits per heavy atom. The Bertz CT molecular complexity index is 62.4.